The quantitative estimate of drug-likeness (QED) is 0.584. The second kappa shape index (κ2) is 6.58. The Balaban J connectivity index is 2.78. The van der Waals surface area contributed by atoms with Crippen molar-refractivity contribution in [1.29, 1.82) is 0 Å². The van der Waals surface area contributed by atoms with Crippen molar-refractivity contribution in [2.75, 3.05) is 13.7 Å². The van der Waals surface area contributed by atoms with Gasteiger partial charge in [-0.15, -0.1) is 6.58 Å². The number of benzene rings is 1. The lowest BCUT2D eigenvalue weighted by Crippen LogP contribution is -2.04. The number of carboxylic acids is 1. The molecule has 1 aromatic carbocycles. The van der Waals surface area contributed by atoms with Crippen molar-refractivity contribution in [2.45, 2.75) is 12.8 Å². The van der Waals surface area contributed by atoms with Crippen molar-refractivity contribution < 1.29 is 19.4 Å². The predicted molar refractivity (Wildman–Crippen MR) is 64.9 cm³/mol. The first-order valence-electron chi connectivity index (χ1n) is 5.34. The summed E-state index contributed by atoms with van der Waals surface area (Å²) in [5.41, 5.74) is 0.143. The minimum atomic E-state index is -1.01. The van der Waals surface area contributed by atoms with E-state index in [0.29, 0.717) is 18.1 Å². The normalized spacial score (nSPS) is 9.71. The van der Waals surface area contributed by atoms with E-state index in [-0.39, 0.29) is 5.56 Å². The van der Waals surface area contributed by atoms with E-state index >= 15 is 0 Å². The second-order valence-electron chi connectivity index (χ2n) is 3.45. The highest BCUT2D eigenvalue weighted by Gasteiger charge is 2.12. The summed E-state index contributed by atoms with van der Waals surface area (Å²) in [6, 6.07) is 4.65. The highest BCUT2D eigenvalue weighted by molar-refractivity contribution is 5.91. The average Bonchev–Trinajstić information content (AvgIpc) is 2.34. The van der Waals surface area contributed by atoms with Gasteiger partial charge in [0.2, 0.25) is 0 Å². The van der Waals surface area contributed by atoms with Crippen LogP contribution in [0.4, 0.5) is 0 Å². The number of aromatic carboxylic acids is 1. The largest absolute Gasteiger partial charge is 0.497 e. The van der Waals surface area contributed by atoms with Crippen LogP contribution in [0.3, 0.4) is 0 Å². The van der Waals surface area contributed by atoms with Crippen LogP contribution in [0.5, 0.6) is 11.5 Å². The van der Waals surface area contributed by atoms with Crippen LogP contribution in [-0.2, 0) is 0 Å². The number of allylic oxidation sites excluding steroid dienone is 1. The van der Waals surface area contributed by atoms with Gasteiger partial charge in [-0.25, -0.2) is 4.79 Å². The lowest BCUT2D eigenvalue weighted by Gasteiger charge is -2.10. The SMILES string of the molecule is C=CCCCOc1cc(OC)ccc1C(=O)O. The van der Waals surface area contributed by atoms with E-state index in [1.165, 1.54) is 13.2 Å². The Morgan fingerprint density at radius 3 is 2.88 bits per heavy atom. The zero-order valence-corrected chi connectivity index (χ0v) is 9.81. The van der Waals surface area contributed by atoms with Crippen molar-refractivity contribution >= 4 is 5.97 Å². The number of rotatable bonds is 7. The molecule has 4 nitrogen and oxygen atoms in total. The summed E-state index contributed by atoms with van der Waals surface area (Å²) < 4.78 is 10.5. The summed E-state index contributed by atoms with van der Waals surface area (Å²) in [4.78, 5) is 11.0. The fraction of sp³-hybridized carbons (Fsp3) is 0.308. The zero-order chi connectivity index (χ0) is 12.7. The van der Waals surface area contributed by atoms with E-state index in [1.54, 1.807) is 18.2 Å². The molecule has 0 bridgehead atoms. The monoisotopic (exact) mass is 236 g/mol. The van der Waals surface area contributed by atoms with Gasteiger partial charge in [0.15, 0.2) is 0 Å². The summed E-state index contributed by atoms with van der Waals surface area (Å²) >= 11 is 0. The molecule has 0 unspecified atom stereocenters. The summed E-state index contributed by atoms with van der Waals surface area (Å²) in [6.07, 6.45) is 3.44. The standard InChI is InChI=1S/C13H16O4/c1-3-4-5-8-17-12-9-10(16-2)6-7-11(12)13(14)15/h3,6-7,9H,1,4-5,8H2,2H3,(H,14,15). The molecule has 1 N–H and O–H groups in total. The van der Waals surface area contributed by atoms with Crippen LogP contribution >= 0.6 is 0 Å². The molecule has 0 aliphatic heterocycles. The molecule has 0 radical (unpaired) electrons. The van der Waals surface area contributed by atoms with Gasteiger partial charge in [0.05, 0.1) is 13.7 Å². The van der Waals surface area contributed by atoms with Crippen LogP contribution in [0.25, 0.3) is 0 Å². The van der Waals surface area contributed by atoms with E-state index in [0.717, 1.165) is 12.8 Å². The molecule has 0 aliphatic carbocycles. The van der Waals surface area contributed by atoms with Crippen LogP contribution in [-0.4, -0.2) is 24.8 Å². The summed E-state index contributed by atoms with van der Waals surface area (Å²) in [5.74, 6) is -0.0963. The van der Waals surface area contributed by atoms with Gasteiger partial charge in [-0.3, -0.25) is 0 Å². The molecule has 0 atom stereocenters. The van der Waals surface area contributed by atoms with E-state index in [2.05, 4.69) is 6.58 Å². The van der Waals surface area contributed by atoms with Gasteiger partial charge in [0.1, 0.15) is 17.1 Å². The lowest BCUT2D eigenvalue weighted by molar-refractivity contribution is 0.0692. The van der Waals surface area contributed by atoms with Crippen molar-refractivity contribution in [2.24, 2.45) is 0 Å². The van der Waals surface area contributed by atoms with Crippen LogP contribution < -0.4 is 9.47 Å². The van der Waals surface area contributed by atoms with Crippen LogP contribution in [0.15, 0.2) is 30.9 Å². The van der Waals surface area contributed by atoms with Gasteiger partial charge < -0.3 is 14.6 Å². The zero-order valence-electron chi connectivity index (χ0n) is 9.81. The number of carboxylic acid groups (broad SMARTS) is 1. The Morgan fingerprint density at radius 1 is 1.53 bits per heavy atom. The summed E-state index contributed by atoms with van der Waals surface area (Å²) in [6.45, 7) is 4.07. The minimum absolute atomic E-state index is 0.143. The molecular weight excluding hydrogens is 220 g/mol. The number of methoxy groups -OCH3 is 1. The van der Waals surface area contributed by atoms with Gasteiger partial charge in [-0.05, 0) is 25.0 Å². The third-order valence-electron chi connectivity index (χ3n) is 2.23. The smallest absolute Gasteiger partial charge is 0.339 e. The topological polar surface area (TPSA) is 55.8 Å². The van der Waals surface area contributed by atoms with Crippen LogP contribution in [0, 0.1) is 0 Å². The maximum Gasteiger partial charge on any atom is 0.339 e. The Labute approximate surface area is 100 Å². The first-order chi connectivity index (χ1) is 8.19. The number of unbranched alkanes of at least 4 members (excludes halogenated alkanes) is 1. The van der Waals surface area contributed by atoms with Crippen LogP contribution in [0.2, 0.25) is 0 Å². The van der Waals surface area contributed by atoms with Gasteiger partial charge in [0, 0.05) is 6.07 Å². The minimum Gasteiger partial charge on any atom is -0.497 e. The van der Waals surface area contributed by atoms with Crippen molar-refractivity contribution in [1.82, 2.24) is 0 Å². The highest BCUT2D eigenvalue weighted by Crippen LogP contribution is 2.25. The molecule has 17 heavy (non-hydrogen) atoms. The van der Waals surface area contributed by atoms with Crippen molar-refractivity contribution in [3.05, 3.63) is 36.4 Å². The summed E-state index contributed by atoms with van der Waals surface area (Å²) in [5, 5.41) is 8.99. The van der Waals surface area contributed by atoms with Crippen LogP contribution in [0.1, 0.15) is 23.2 Å². The predicted octanol–water partition coefficient (Wildman–Crippen LogP) is 2.74. The molecule has 0 fully saturated rings. The molecule has 0 spiro atoms. The van der Waals surface area contributed by atoms with E-state index < -0.39 is 5.97 Å². The number of hydrogen-bond donors (Lipinski definition) is 1. The molecular formula is C13H16O4. The van der Waals surface area contributed by atoms with Gasteiger partial charge in [0.25, 0.3) is 0 Å². The van der Waals surface area contributed by atoms with Crippen molar-refractivity contribution in [3.8, 4) is 11.5 Å². The number of ether oxygens (including phenoxy) is 2. The fourth-order valence-corrected chi connectivity index (χ4v) is 1.34. The average molecular weight is 236 g/mol. The molecule has 0 heterocycles. The molecule has 0 saturated heterocycles. The fourth-order valence-electron chi connectivity index (χ4n) is 1.34. The molecule has 4 heteroatoms. The molecule has 92 valence electrons. The van der Waals surface area contributed by atoms with Gasteiger partial charge in [-0.2, -0.15) is 0 Å². The Bertz CT molecular complexity index is 398. The molecule has 0 aromatic heterocycles. The second-order valence-corrected chi connectivity index (χ2v) is 3.45. The first kappa shape index (κ1) is 13.1. The molecule has 0 aliphatic rings. The Hall–Kier alpha value is -1.97. The molecule has 1 aromatic rings. The molecule has 0 amide bonds. The van der Waals surface area contributed by atoms with E-state index in [4.69, 9.17) is 14.6 Å². The third-order valence-corrected chi connectivity index (χ3v) is 2.23. The summed E-state index contributed by atoms with van der Waals surface area (Å²) in [7, 11) is 1.53. The highest BCUT2D eigenvalue weighted by atomic mass is 16.5. The van der Waals surface area contributed by atoms with Crippen molar-refractivity contribution in [3.63, 3.8) is 0 Å². The number of carbonyl (C=O) groups is 1. The lowest BCUT2D eigenvalue weighted by atomic mass is 10.2. The number of hydrogen-bond acceptors (Lipinski definition) is 3. The van der Waals surface area contributed by atoms with E-state index in [1.807, 2.05) is 0 Å². The first-order valence-corrected chi connectivity index (χ1v) is 5.34. The Kier molecular flexibility index (Phi) is 5.07. The van der Waals surface area contributed by atoms with E-state index in [9.17, 15) is 4.79 Å². The molecule has 1 rings (SSSR count). The molecule has 0 saturated carbocycles. The maximum absolute atomic E-state index is 11.0. The maximum atomic E-state index is 11.0. The third kappa shape index (κ3) is 3.83. The van der Waals surface area contributed by atoms with Gasteiger partial charge >= 0.3 is 5.97 Å². The van der Waals surface area contributed by atoms with Gasteiger partial charge in [-0.1, -0.05) is 6.08 Å². The Morgan fingerprint density at radius 2 is 2.29 bits per heavy atom.